The quantitative estimate of drug-likeness (QED) is 0.400. The Hall–Kier alpha value is -4.15. The number of imide groups is 1. The van der Waals surface area contributed by atoms with E-state index in [2.05, 4.69) is 20.1 Å². The largest absolute Gasteiger partial charge is 0.496 e. The number of ether oxygens (including phenoxy) is 1. The zero-order chi connectivity index (χ0) is 29.8. The van der Waals surface area contributed by atoms with E-state index in [1.165, 1.54) is 11.8 Å². The van der Waals surface area contributed by atoms with Crippen LogP contribution in [0, 0.1) is 13.8 Å². The molecule has 41 heavy (non-hydrogen) atoms. The number of alkyl halides is 3. The number of pyridine rings is 1. The number of thioether (sulfide) groups is 1. The van der Waals surface area contributed by atoms with Crippen LogP contribution in [0.4, 0.5) is 28.7 Å². The fourth-order valence-electron chi connectivity index (χ4n) is 4.95. The lowest BCUT2D eigenvalue weighted by atomic mass is 10.1. The first-order chi connectivity index (χ1) is 19.3. The van der Waals surface area contributed by atoms with Crippen LogP contribution in [0.15, 0.2) is 11.2 Å². The van der Waals surface area contributed by atoms with Gasteiger partial charge in [-0.05, 0) is 26.7 Å². The highest BCUT2D eigenvalue weighted by molar-refractivity contribution is 7.99. The van der Waals surface area contributed by atoms with Crippen LogP contribution in [0.25, 0.3) is 11.0 Å². The number of hydrogen-bond donors (Lipinski definition) is 2. The average molecular weight is 596 g/mol. The number of hydrogen-bond acceptors (Lipinski definition) is 9. The number of carboxylic acid groups (broad SMARTS) is 2. The summed E-state index contributed by atoms with van der Waals surface area (Å²) in [7, 11) is 1.51. The Kier molecular flexibility index (Phi) is 7.17. The van der Waals surface area contributed by atoms with E-state index >= 15 is 0 Å². The Morgan fingerprint density at radius 2 is 1.83 bits per heavy atom. The van der Waals surface area contributed by atoms with Gasteiger partial charge in [0.15, 0.2) is 5.65 Å². The number of anilines is 1. The monoisotopic (exact) mass is 595 g/mol. The highest BCUT2D eigenvalue weighted by Crippen LogP contribution is 2.40. The summed E-state index contributed by atoms with van der Waals surface area (Å²) in [5, 5.41) is 24.1. The molecule has 13 nitrogen and oxygen atoms in total. The van der Waals surface area contributed by atoms with Gasteiger partial charge in [0, 0.05) is 41.6 Å². The van der Waals surface area contributed by atoms with Crippen LogP contribution >= 0.6 is 11.8 Å². The molecule has 0 radical (unpaired) electrons. The van der Waals surface area contributed by atoms with Crippen LogP contribution in [-0.2, 0) is 17.8 Å². The average Bonchev–Trinajstić information content (AvgIpc) is 3.68. The summed E-state index contributed by atoms with van der Waals surface area (Å²) in [4.78, 5) is 49.5. The summed E-state index contributed by atoms with van der Waals surface area (Å²) in [5.74, 6) is -2.01. The molecule has 0 aromatic carbocycles. The van der Waals surface area contributed by atoms with Crippen LogP contribution < -0.4 is 9.64 Å². The number of nitrogens with zero attached hydrogens (tertiary/aromatic N) is 7. The Labute approximate surface area is 234 Å². The maximum atomic E-state index is 13.5. The Morgan fingerprint density at radius 1 is 1.15 bits per heavy atom. The van der Waals surface area contributed by atoms with Crippen molar-refractivity contribution in [1.29, 1.82) is 0 Å². The zero-order valence-corrected chi connectivity index (χ0v) is 22.8. The molecule has 2 aliphatic rings. The molecule has 1 aliphatic carbocycles. The number of methoxy groups -OCH3 is 1. The first-order valence-electron chi connectivity index (χ1n) is 12.4. The summed E-state index contributed by atoms with van der Waals surface area (Å²) in [6.45, 7) is 3.60. The lowest BCUT2D eigenvalue weighted by Crippen LogP contribution is -2.50. The number of carbonyl (C=O) groups excluding carboxylic acids is 1. The molecular formula is C24H24F3N7O6S. The SMILES string of the molecule is COc1c(C)cnc(Cn2nc3c4c(nc(N(C(=O)O)C(=O)O)nc42)SCC(N(C(=O)C(F)(F)F)C2CC2)C3)c1C. The normalized spacial score (nSPS) is 16.8. The third-order valence-corrected chi connectivity index (χ3v) is 8.02. The number of rotatable bonds is 6. The molecule has 0 bridgehead atoms. The Morgan fingerprint density at radius 3 is 2.41 bits per heavy atom. The molecule has 4 heterocycles. The van der Waals surface area contributed by atoms with Crippen LogP contribution in [0.3, 0.4) is 0 Å². The van der Waals surface area contributed by atoms with Gasteiger partial charge in [-0.1, -0.05) is 0 Å². The number of aromatic nitrogens is 5. The maximum absolute atomic E-state index is 13.5. The Bertz CT molecular complexity index is 1560. The van der Waals surface area contributed by atoms with E-state index in [1.54, 1.807) is 13.1 Å². The van der Waals surface area contributed by atoms with Crippen molar-refractivity contribution in [2.45, 2.75) is 62.9 Å². The van der Waals surface area contributed by atoms with E-state index in [1.807, 2.05) is 6.92 Å². The van der Waals surface area contributed by atoms with Gasteiger partial charge in [-0.2, -0.15) is 23.3 Å². The first-order valence-corrected chi connectivity index (χ1v) is 13.3. The second-order valence-corrected chi connectivity index (χ2v) is 10.7. The molecule has 3 aromatic rings. The van der Waals surface area contributed by atoms with Gasteiger partial charge in [0.25, 0.3) is 0 Å². The van der Waals surface area contributed by atoms with Gasteiger partial charge in [-0.25, -0.2) is 19.3 Å². The summed E-state index contributed by atoms with van der Waals surface area (Å²) >= 11 is 0.984. The molecule has 1 saturated carbocycles. The van der Waals surface area contributed by atoms with Gasteiger partial charge in [-0.3, -0.25) is 9.78 Å². The van der Waals surface area contributed by atoms with Crippen LogP contribution in [0.1, 0.15) is 35.4 Å². The fraction of sp³-hybridized carbons (Fsp3) is 0.458. The third-order valence-electron chi connectivity index (χ3n) is 6.90. The van der Waals surface area contributed by atoms with Crippen molar-refractivity contribution >= 4 is 46.8 Å². The predicted molar refractivity (Wildman–Crippen MR) is 137 cm³/mol. The van der Waals surface area contributed by atoms with E-state index in [0.717, 1.165) is 22.2 Å². The van der Waals surface area contributed by atoms with E-state index in [0.29, 0.717) is 40.9 Å². The van der Waals surface area contributed by atoms with Crippen LogP contribution in [0.5, 0.6) is 5.75 Å². The molecule has 1 unspecified atom stereocenters. The fourth-order valence-corrected chi connectivity index (χ4v) is 6.08. The van der Waals surface area contributed by atoms with Gasteiger partial charge < -0.3 is 19.8 Å². The Balaban J connectivity index is 1.65. The van der Waals surface area contributed by atoms with Crippen molar-refractivity contribution in [2.24, 2.45) is 0 Å². The molecule has 17 heteroatoms. The smallest absolute Gasteiger partial charge is 0.471 e. The molecule has 0 saturated heterocycles. The molecule has 5 rings (SSSR count). The summed E-state index contributed by atoms with van der Waals surface area (Å²) in [6, 6.07) is -1.46. The topological polar surface area (TPSA) is 164 Å². The van der Waals surface area contributed by atoms with Crippen molar-refractivity contribution in [1.82, 2.24) is 29.6 Å². The van der Waals surface area contributed by atoms with Crippen molar-refractivity contribution in [2.75, 3.05) is 17.8 Å². The highest BCUT2D eigenvalue weighted by Gasteiger charge is 2.50. The van der Waals surface area contributed by atoms with Crippen molar-refractivity contribution < 1.29 is 42.5 Å². The molecule has 1 fully saturated rings. The number of amides is 3. The van der Waals surface area contributed by atoms with E-state index in [-0.39, 0.29) is 34.3 Å². The molecule has 3 aromatic heterocycles. The second-order valence-electron chi connectivity index (χ2n) is 9.69. The predicted octanol–water partition coefficient (Wildman–Crippen LogP) is 3.63. The van der Waals surface area contributed by atoms with Crippen molar-refractivity contribution in [3.8, 4) is 5.75 Å². The minimum Gasteiger partial charge on any atom is -0.496 e. The number of carbonyl (C=O) groups is 3. The molecule has 218 valence electrons. The van der Waals surface area contributed by atoms with E-state index < -0.39 is 42.3 Å². The molecule has 1 aliphatic heterocycles. The van der Waals surface area contributed by atoms with Gasteiger partial charge in [0.1, 0.15) is 10.8 Å². The minimum absolute atomic E-state index is 0.00182. The molecule has 0 spiro atoms. The lowest BCUT2D eigenvalue weighted by Gasteiger charge is -2.31. The van der Waals surface area contributed by atoms with Crippen molar-refractivity contribution in [3.63, 3.8) is 0 Å². The van der Waals surface area contributed by atoms with E-state index in [4.69, 9.17) is 4.74 Å². The van der Waals surface area contributed by atoms with Crippen LogP contribution in [0.2, 0.25) is 0 Å². The second kappa shape index (κ2) is 10.4. The first kappa shape index (κ1) is 28.4. The number of aryl methyl sites for hydroxylation is 1. The van der Waals surface area contributed by atoms with Gasteiger partial charge in [0.05, 0.1) is 30.4 Å². The summed E-state index contributed by atoms with van der Waals surface area (Å²) in [6.07, 6.45) is -6.32. The van der Waals surface area contributed by atoms with Gasteiger partial charge >= 0.3 is 24.3 Å². The molecular weight excluding hydrogens is 571 g/mol. The molecule has 2 N–H and O–H groups in total. The summed E-state index contributed by atoms with van der Waals surface area (Å²) in [5.41, 5.74) is 2.37. The van der Waals surface area contributed by atoms with Gasteiger partial charge in [-0.15, -0.1) is 16.7 Å². The standard InChI is InChI=1S/C24H24F3N7O6S/c1-10-7-28-15(11(2)17(10)40-3)8-32-18-16-14(31-32)6-13(33(12-4-5-12)20(35)24(25,26)27)9-41-19(16)30-21(29-18)34(22(36)37)23(38)39/h7,12-13H,4-6,8-9H2,1-3H3,(H,36,37)(H,38,39). The molecule has 1 atom stereocenters. The minimum atomic E-state index is -5.06. The summed E-state index contributed by atoms with van der Waals surface area (Å²) < 4.78 is 47.4. The highest BCUT2D eigenvalue weighted by atomic mass is 32.2. The lowest BCUT2D eigenvalue weighted by molar-refractivity contribution is -0.188. The van der Waals surface area contributed by atoms with Crippen molar-refractivity contribution in [3.05, 3.63) is 28.7 Å². The third kappa shape index (κ3) is 5.20. The van der Waals surface area contributed by atoms with E-state index in [9.17, 15) is 37.8 Å². The zero-order valence-electron chi connectivity index (χ0n) is 22.0. The van der Waals surface area contributed by atoms with Gasteiger partial charge in [0.2, 0.25) is 5.95 Å². The number of halogens is 3. The molecule has 3 amide bonds. The van der Waals surface area contributed by atoms with Crippen LogP contribution in [-0.4, -0.2) is 89.1 Å². The maximum Gasteiger partial charge on any atom is 0.471 e.